The lowest BCUT2D eigenvalue weighted by Gasteiger charge is -2.16. The van der Waals surface area contributed by atoms with Gasteiger partial charge in [0, 0.05) is 12.7 Å². The Balaban J connectivity index is 0.000000769. The Labute approximate surface area is 191 Å². The molecule has 0 saturated carbocycles. The SMILES string of the molecule is CC.CNc1cccc(OC)c1COc1ccc(-c2cccc(C)c2)cc1C.NNC=O. The molecule has 4 N–H and O–H groups in total. The van der Waals surface area contributed by atoms with E-state index in [2.05, 4.69) is 61.4 Å². The summed E-state index contributed by atoms with van der Waals surface area (Å²) >= 11 is 0. The molecular weight excluding hydrogens is 402 g/mol. The maximum absolute atomic E-state index is 8.94. The number of aryl methyl sites for hydroxylation is 2. The van der Waals surface area contributed by atoms with Crippen LogP contribution < -0.4 is 26.1 Å². The van der Waals surface area contributed by atoms with Crippen LogP contribution in [0.1, 0.15) is 30.5 Å². The molecule has 0 bridgehead atoms. The van der Waals surface area contributed by atoms with Gasteiger partial charge in [-0.05, 0) is 54.8 Å². The Morgan fingerprint density at radius 2 is 1.59 bits per heavy atom. The first-order valence-electron chi connectivity index (χ1n) is 10.6. The van der Waals surface area contributed by atoms with Crippen molar-refractivity contribution in [2.24, 2.45) is 5.84 Å². The minimum atomic E-state index is 0.403. The monoisotopic (exact) mass is 437 g/mol. The highest BCUT2D eigenvalue weighted by atomic mass is 16.5. The van der Waals surface area contributed by atoms with Crippen LogP contribution in [0, 0.1) is 13.8 Å². The summed E-state index contributed by atoms with van der Waals surface area (Å²) in [4.78, 5) is 8.94. The van der Waals surface area contributed by atoms with E-state index in [9.17, 15) is 0 Å². The lowest BCUT2D eigenvalue weighted by atomic mass is 10.0. The summed E-state index contributed by atoms with van der Waals surface area (Å²) in [6, 6.07) is 20.8. The molecule has 172 valence electrons. The van der Waals surface area contributed by atoms with Crippen molar-refractivity contribution >= 4 is 12.1 Å². The second-order valence-electron chi connectivity index (χ2n) is 6.66. The third-order valence-electron chi connectivity index (χ3n) is 4.59. The largest absolute Gasteiger partial charge is 0.496 e. The van der Waals surface area contributed by atoms with Gasteiger partial charge < -0.3 is 14.8 Å². The van der Waals surface area contributed by atoms with Gasteiger partial charge >= 0.3 is 0 Å². The molecule has 0 unspecified atom stereocenters. The summed E-state index contributed by atoms with van der Waals surface area (Å²) in [5.74, 6) is 6.12. The number of nitrogens with one attached hydrogen (secondary N) is 2. The topological polar surface area (TPSA) is 85.6 Å². The van der Waals surface area contributed by atoms with E-state index in [0.717, 1.165) is 28.3 Å². The number of methoxy groups -OCH3 is 1. The van der Waals surface area contributed by atoms with Crippen LogP contribution in [0.5, 0.6) is 11.5 Å². The first kappa shape index (κ1) is 26.5. The predicted molar refractivity (Wildman–Crippen MR) is 133 cm³/mol. The van der Waals surface area contributed by atoms with Gasteiger partial charge in [-0.1, -0.05) is 55.8 Å². The second-order valence-corrected chi connectivity index (χ2v) is 6.66. The van der Waals surface area contributed by atoms with Gasteiger partial charge in [0.1, 0.15) is 18.1 Å². The van der Waals surface area contributed by atoms with E-state index in [1.54, 1.807) is 12.5 Å². The molecule has 0 aliphatic heterocycles. The molecule has 0 spiro atoms. The number of ether oxygens (including phenoxy) is 2. The molecule has 6 nitrogen and oxygen atoms in total. The van der Waals surface area contributed by atoms with Crippen molar-refractivity contribution in [1.82, 2.24) is 5.43 Å². The quantitative estimate of drug-likeness (QED) is 0.204. The number of amides is 1. The lowest BCUT2D eigenvalue weighted by molar-refractivity contribution is -0.109. The molecule has 0 fully saturated rings. The van der Waals surface area contributed by atoms with Gasteiger partial charge in [0.25, 0.3) is 0 Å². The highest BCUT2D eigenvalue weighted by molar-refractivity contribution is 5.66. The smallest absolute Gasteiger partial charge is 0.221 e. The standard InChI is InChI=1S/C23H25NO2.C2H6.CH4N2O/c1-16-7-5-8-18(13-16)19-11-12-22(17(2)14-19)26-15-20-21(24-3)9-6-10-23(20)25-4;1-2;2-3-1-4/h5-14,24H,15H2,1-4H3;1-2H3;1H,2H2,(H,3,4). The van der Waals surface area contributed by atoms with Crippen LogP contribution in [-0.4, -0.2) is 20.6 Å². The number of nitrogens with two attached hydrogens (primary N) is 1. The van der Waals surface area contributed by atoms with Gasteiger partial charge in [0.15, 0.2) is 0 Å². The van der Waals surface area contributed by atoms with Crippen molar-refractivity contribution < 1.29 is 14.3 Å². The summed E-state index contributed by atoms with van der Waals surface area (Å²) in [5.41, 5.74) is 8.58. The Morgan fingerprint density at radius 1 is 0.938 bits per heavy atom. The highest BCUT2D eigenvalue weighted by Gasteiger charge is 2.10. The van der Waals surface area contributed by atoms with E-state index in [1.807, 2.05) is 45.2 Å². The summed E-state index contributed by atoms with van der Waals surface area (Å²) < 4.78 is 11.6. The summed E-state index contributed by atoms with van der Waals surface area (Å²) in [5, 5.41) is 3.20. The number of carbonyl (C=O) groups is 1. The van der Waals surface area contributed by atoms with Gasteiger partial charge in [-0.2, -0.15) is 0 Å². The van der Waals surface area contributed by atoms with Gasteiger partial charge in [-0.3, -0.25) is 10.2 Å². The maximum atomic E-state index is 8.94. The molecule has 32 heavy (non-hydrogen) atoms. The van der Waals surface area contributed by atoms with Gasteiger partial charge in [0.2, 0.25) is 6.41 Å². The number of benzene rings is 3. The van der Waals surface area contributed by atoms with Crippen LogP contribution in [0.4, 0.5) is 5.69 Å². The number of carbonyl (C=O) groups excluding carboxylic acids is 1. The van der Waals surface area contributed by atoms with Crippen molar-refractivity contribution in [1.29, 1.82) is 0 Å². The maximum Gasteiger partial charge on any atom is 0.221 e. The van der Waals surface area contributed by atoms with Crippen molar-refractivity contribution in [3.63, 3.8) is 0 Å². The predicted octanol–water partition coefficient (Wildman–Crippen LogP) is 5.23. The molecule has 0 aromatic heterocycles. The van der Waals surface area contributed by atoms with Crippen molar-refractivity contribution in [3.8, 4) is 22.6 Å². The molecule has 3 rings (SSSR count). The van der Waals surface area contributed by atoms with E-state index >= 15 is 0 Å². The minimum absolute atomic E-state index is 0.403. The van der Waals surface area contributed by atoms with Crippen LogP contribution >= 0.6 is 0 Å². The summed E-state index contributed by atoms with van der Waals surface area (Å²) in [6.07, 6.45) is 0.403. The van der Waals surface area contributed by atoms with Crippen molar-refractivity contribution in [2.75, 3.05) is 19.5 Å². The number of rotatable bonds is 7. The number of hydrogen-bond acceptors (Lipinski definition) is 5. The number of hydrogen-bond donors (Lipinski definition) is 3. The Kier molecular flexibility index (Phi) is 12.0. The zero-order chi connectivity index (χ0) is 23.9. The van der Waals surface area contributed by atoms with Crippen molar-refractivity contribution in [3.05, 3.63) is 77.4 Å². The molecule has 6 heteroatoms. The first-order valence-corrected chi connectivity index (χ1v) is 10.6. The van der Waals surface area contributed by atoms with Gasteiger partial charge in [-0.15, -0.1) is 0 Å². The van der Waals surface area contributed by atoms with Crippen LogP contribution in [0.3, 0.4) is 0 Å². The molecular formula is C26H35N3O3. The van der Waals surface area contributed by atoms with E-state index in [4.69, 9.17) is 14.3 Å². The van der Waals surface area contributed by atoms with Crippen LogP contribution in [0.2, 0.25) is 0 Å². The molecule has 0 radical (unpaired) electrons. The molecule has 0 aliphatic rings. The minimum Gasteiger partial charge on any atom is -0.496 e. The lowest BCUT2D eigenvalue weighted by Crippen LogP contribution is -2.18. The molecule has 1 amide bonds. The first-order chi connectivity index (χ1) is 15.5. The van der Waals surface area contributed by atoms with Gasteiger partial charge in [-0.25, -0.2) is 5.84 Å². The Bertz CT molecular complexity index is 952. The fraction of sp³-hybridized carbons (Fsp3) is 0.269. The Morgan fingerprint density at radius 3 is 2.16 bits per heavy atom. The summed E-state index contributed by atoms with van der Waals surface area (Å²) in [7, 11) is 3.58. The van der Waals surface area contributed by atoms with E-state index < -0.39 is 0 Å². The highest BCUT2D eigenvalue weighted by Crippen LogP contribution is 2.30. The zero-order valence-corrected chi connectivity index (χ0v) is 19.9. The average Bonchev–Trinajstić information content (AvgIpc) is 2.84. The van der Waals surface area contributed by atoms with Gasteiger partial charge in [0.05, 0.1) is 12.7 Å². The van der Waals surface area contributed by atoms with Crippen molar-refractivity contribution in [2.45, 2.75) is 34.3 Å². The second kappa shape index (κ2) is 14.5. The van der Waals surface area contributed by atoms with Crippen LogP contribution in [0.15, 0.2) is 60.7 Å². The fourth-order valence-electron chi connectivity index (χ4n) is 3.11. The fourth-order valence-corrected chi connectivity index (χ4v) is 3.11. The van der Waals surface area contributed by atoms with E-state index in [-0.39, 0.29) is 0 Å². The number of anilines is 1. The Hall–Kier alpha value is -3.51. The third-order valence-corrected chi connectivity index (χ3v) is 4.59. The zero-order valence-electron chi connectivity index (χ0n) is 19.9. The normalized spacial score (nSPS) is 9.34. The van der Waals surface area contributed by atoms with E-state index in [0.29, 0.717) is 13.0 Å². The molecule has 0 aliphatic carbocycles. The molecule has 3 aromatic rings. The molecule has 0 saturated heterocycles. The average molecular weight is 438 g/mol. The van der Waals surface area contributed by atoms with Crippen LogP contribution in [0.25, 0.3) is 11.1 Å². The number of hydrazine groups is 1. The third kappa shape index (κ3) is 7.63. The van der Waals surface area contributed by atoms with E-state index in [1.165, 1.54) is 16.7 Å². The molecule has 0 atom stereocenters. The molecule has 0 heterocycles. The van der Waals surface area contributed by atoms with Crippen LogP contribution in [-0.2, 0) is 11.4 Å². The summed E-state index contributed by atoms with van der Waals surface area (Å²) in [6.45, 7) is 8.64. The molecule has 3 aromatic carbocycles.